The number of amides is 2. The summed E-state index contributed by atoms with van der Waals surface area (Å²) >= 11 is 0. The number of aromatic amines is 2. The summed E-state index contributed by atoms with van der Waals surface area (Å²) in [6.07, 6.45) is 8.28. The molecule has 1 aliphatic rings. The molecule has 0 bridgehead atoms. The Hall–Kier alpha value is -5.23. The van der Waals surface area contributed by atoms with Gasteiger partial charge in [0.1, 0.15) is 17.0 Å². The molecular formula is C28H22FN9O2. The standard InChI is InChI=1S/C28H22FN9O2/c29-22-4-2-1-3-19(22)21-14-31-15-23-24(21)35-27(34-23)25-20-10-17(12-32-26(20)37-36-25)16-9-18(13-30-11-16)33-28(39)38-5-7-40-8-6-38/h1-4,9-15H,5-8H2,(H,33,39)(H,34,35)(H,32,36,37). The fraction of sp³-hybridized carbons (Fsp3) is 0.143. The third kappa shape index (κ3) is 4.29. The number of nitrogens with zero attached hydrogens (tertiary/aromatic N) is 6. The molecule has 1 saturated heterocycles. The summed E-state index contributed by atoms with van der Waals surface area (Å²) in [5.41, 5.74) is 5.54. The second kappa shape index (κ2) is 9.82. The quantitative estimate of drug-likeness (QED) is 0.299. The van der Waals surface area contributed by atoms with E-state index in [9.17, 15) is 9.18 Å². The normalized spacial score (nSPS) is 13.7. The molecular weight excluding hydrogens is 513 g/mol. The highest BCUT2D eigenvalue weighted by molar-refractivity contribution is 5.97. The molecule has 5 aromatic heterocycles. The van der Waals surface area contributed by atoms with E-state index in [0.717, 1.165) is 16.5 Å². The number of rotatable bonds is 4. The number of hydrogen-bond donors (Lipinski definition) is 3. The highest BCUT2D eigenvalue weighted by Gasteiger charge is 2.19. The lowest BCUT2D eigenvalue weighted by Gasteiger charge is -2.26. The highest BCUT2D eigenvalue weighted by Crippen LogP contribution is 2.33. The number of nitrogens with one attached hydrogen (secondary N) is 3. The van der Waals surface area contributed by atoms with Crippen LogP contribution in [-0.2, 0) is 4.74 Å². The van der Waals surface area contributed by atoms with Crippen LogP contribution in [0.1, 0.15) is 0 Å². The summed E-state index contributed by atoms with van der Waals surface area (Å²) in [6.45, 7) is 2.14. The summed E-state index contributed by atoms with van der Waals surface area (Å²) in [4.78, 5) is 35.5. The van der Waals surface area contributed by atoms with Crippen molar-refractivity contribution in [3.8, 4) is 33.8 Å². The maximum Gasteiger partial charge on any atom is 0.322 e. The van der Waals surface area contributed by atoms with Crippen LogP contribution < -0.4 is 5.32 Å². The summed E-state index contributed by atoms with van der Waals surface area (Å²) in [5.74, 6) is 0.172. The Morgan fingerprint density at radius 3 is 2.67 bits per heavy atom. The van der Waals surface area contributed by atoms with Crippen molar-refractivity contribution >= 4 is 33.8 Å². The fourth-order valence-corrected chi connectivity index (χ4v) is 4.80. The number of aromatic nitrogens is 7. The molecule has 1 aromatic carbocycles. The first-order valence-corrected chi connectivity index (χ1v) is 12.7. The first-order valence-electron chi connectivity index (χ1n) is 12.7. The lowest BCUT2D eigenvalue weighted by Crippen LogP contribution is -2.43. The van der Waals surface area contributed by atoms with Gasteiger partial charge >= 0.3 is 6.03 Å². The molecule has 3 N–H and O–H groups in total. The third-order valence-corrected chi connectivity index (χ3v) is 6.83. The number of halogens is 1. The van der Waals surface area contributed by atoms with Crippen LogP contribution in [0.4, 0.5) is 14.9 Å². The van der Waals surface area contributed by atoms with Gasteiger partial charge in [-0.1, -0.05) is 18.2 Å². The Bertz CT molecular complexity index is 1880. The van der Waals surface area contributed by atoms with Crippen molar-refractivity contribution in [1.82, 2.24) is 40.0 Å². The van der Waals surface area contributed by atoms with E-state index in [0.29, 0.717) is 71.3 Å². The third-order valence-electron chi connectivity index (χ3n) is 6.83. The van der Waals surface area contributed by atoms with E-state index in [1.165, 1.54) is 6.07 Å². The van der Waals surface area contributed by atoms with E-state index in [4.69, 9.17) is 9.72 Å². The number of ether oxygens (including phenoxy) is 1. The number of H-pyrrole nitrogens is 2. The summed E-state index contributed by atoms with van der Waals surface area (Å²) in [6, 6.07) is 10.1. The van der Waals surface area contributed by atoms with Gasteiger partial charge in [-0.3, -0.25) is 15.1 Å². The molecule has 6 aromatic rings. The fourth-order valence-electron chi connectivity index (χ4n) is 4.80. The number of carbonyl (C=O) groups excluding carboxylic acids is 1. The number of carbonyl (C=O) groups is 1. The number of imidazole rings is 1. The van der Waals surface area contributed by atoms with Gasteiger partial charge in [-0.05, 0) is 18.2 Å². The van der Waals surface area contributed by atoms with Crippen molar-refractivity contribution in [2.24, 2.45) is 0 Å². The van der Waals surface area contributed by atoms with E-state index in [2.05, 4.69) is 35.5 Å². The molecule has 0 atom stereocenters. The average Bonchev–Trinajstić information content (AvgIpc) is 3.62. The number of morpholine rings is 1. The van der Waals surface area contributed by atoms with Crippen LogP contribution in [0.2, 0.25) is 0 Å². The van der Waals surface area contributed by atoms with Gasteiger partial charge in [0.25, 0.3) is 0 Å². The Labute approximate surface area is 226 Å². The number of urea groups is 1. The van der Waals surface area contributed by atoms with Gasteiger partial charge in [0.2, 0.25) is 0 Å². The molecule has 2 amide bonds. The van der Waals surface area contributed by atoms with Crippen LogP contribution in [0.15, 0.2) is 67.4 Å². The Morgan fingerprint density at radius 1 is 0.975 bits per heavy atom. The predicted molar refractivity (Wildman–Crippen MR) is 147 cm³/mol. The van der Waals surface area contributed by atoms with Gasteiger partial charge in [0.05, 0.1) is 42.2 Å². The minimum Gasteiger partial charge on any atom is -0.378 e. The van der Waals surface area contributed by atoms with E-state index < -0.39 is 0 Å². The van der Waals surface area contributed by atoms with Crippen LogP contribution >= 0.6 is 0 Å². The number of hydrogen-bond acceptors (Lipinski definition) is 7. The van der Waals surface area contributed by atoms with Crippen molar-refractivity contribution in [3.05, 3.63) is 73.2 Å². The van der Waals surface area contributed by atoms with Crippen LogP contribution in [0.5, 0.6) is 0 Å². The van der Waals surface area contributed by atoms with Crippen molar-refractivity contribution in [2.75, 3.05) is 31.6 Å². The molecule has 198 valence electrons. The molecule has 1 fully saturated rings. The molecule has 11 nitrogen and oxygen atoms in total. The summed E-state index contributed by atoms with van der Waals surface area (Å²) in [5, 5.41) is 11.0. The minimum absolute atomic E-state index is 0.193. The first kappa shape index (κ1) is 23.9. The Morgan fingerprint density at radius 2 is 1.80 bits per heavy atom. The van der Waals surface area contributed by atoms with Gasteiger partial charge in [-0.25, -0.2) is 19.2 Å². The summed E-state index contributed by atoms with van der Waals surface area (Å²) in [7, 11) is 0. The van der Waals surface area contributed by atoms with Gasteiger partial charge in [-0.15, -0.1) is 0 Å². The molecule has 0 spiro atoms. The van der Waals surface area contributed by atoms with Crippen LogP contribution in [0, 0.1) is 5.82 Å². The molecule has 12 heteroatoms. The van der Waals surface area contributed by atoms with Crippen LogP contribution in [-0.4, -0.2) is 72.4 Å². The Balaban J connectivity index is 1.23. The lowest BCUT2D eigenvalue weighted by atomic mass is 10.1. The SMILES string of the molecule is O=C(Nc1cncc(-c2cnc3n[nH]c(-c4nc5c(-c6ccccc6F)cncc5[nH]4)c3c2)c1)N1CCOCC1. The van der Waals surface area contributed by atoms with E-state index in [1.807, 2.05) is 12.1 Å². The van der Waals surface area contributed by atoms with Crippen LogP contribution in [0.3, 0.4) is 0 Å². The van der Waals surface area contributed by atoms with E-state index >= 15 is 0 Å². The zero-order chi connectivity index (χ0) is 27.1. The van der Waals surface area contributed by atoms with Crippen molar-refractivity contribution in [2.45, 2.75) is 0 Å². The van der Waals surface area contributed by atoms with Gasteiger partial charge in [0.15, 0.2) is 11.5 Å². The zero-order valence-corrected chi connectivity index (χ0v) is 21.1. The number of anilines is 1. The topological polar surface area (TPSA) is 138 Å². The maximum absolute atomic E-state index is 14.6. The van der Waals surface area contributed by atoms with Crippen molar-refractivity contribution in [3.63, 3.8) is 0 Å². The predicted octanol–water partition coefficient (Wildman–Crippen LogP) is 4.63. The number of benzene rings is 1. The zero-order valence-electron chi connectivity index (χ0n) is 21.1. The lowest BCUT2D eigenvalue weighted by molar-refractivity contribution is 0.0564. The molecule has 0 aliphatic carbocycles. The molecule has 0 unspecified atom stereocenters. The Kier molecular flexibility index (Phi) is 5.86. The number of fused-ring (bicyclic) bond motifs is 2. The van der Waals surface area contributed by atoms with Crippen molar-refractivity contribution in [1.29, 1.82) is 0 Å². The number of pyridine rings is 3. The molecule has 6 heterocycles. The average molecular weight is 536 g/mol. The molecule has 0 saturated carbocycles. The first-order chi connectivity index (χ1) is 19.6. The molecule has 1 aliphatic heterocycles. The van der Waals surface area contributed by atoms with Gasteiger partial charge in [-0.2, -0.15) is 5.10 Å². The second-order valence-electron chi connectivity index (χ2n) is 9.33. The van der Waals surface area contributed by atoms with Gasteiger partial charge < -0.3 is 19.9 Å². The van der Waals surface area contributed by atoms with E-state index in [1.54, 1.807) is 54.1 Å². The van der Waals surface area contributed by atoms with E-state index in [-0.39, 0.29) is 11.8 Å². The smallest absolute Gasteiger partial charge is 0.322 e. The summed E-state index contributed by atoms with van der Waals surface area (Å²) < 4.78 is 19.9. The molecule has 0 radical (unpaired) electrons. The van der Waals surface area contributed by atoms with Gasteiger partial charge in [0, 0.05) is 53.9 Å². The highest BCUT2D eigenvalue weighted by atomic mass is 19.1. The largest absolute Gasteiger partial charge is 0.378 e. The molecule has 40 heavy (non-hydrogen) atoms. The minimum atomic E-state index is -0.348. The van der Waals surface area contributed by atoms with Crippen LogP contribution in [0.25, 0.3) is 55.8 Å². The second-order valence-corrected chi connectivity index (χ2v) is 9.33. The van der Waals surface area contributed by atoms with Crippen molar-refractivity contribution < 1.29 is 13.9 Å². The maximum atomic E-state index is 14.6. The molecule has 7 rings (SSSR count). The monoisotopic (exact) mass is 535 g/mol.